The van der Waals surface area contributed by atoms with Crippen molar-refractivity contribution >= 4 is 57.7 Å². The number of nitrogens with zero attached hydrogens (tertiary/aromatic N) is 2. The normalized spacial score (nSPS) is 26.5. The van der Waals surface area contributed by atoms with Gasteiger partial charge in [0.05, 0.1) is 36.9 Å². The maximum absolute atomic E-state index is 14.6. The molecule has 0 radical (unpaired) electrons. The van der Waals surface area contributed by atoms with Crippen LogP contribution in [0, 0.1) is 5.92 Å². The summed E-state index contributed by atoms with van der Waals surface area (Å²) in [5.41, 5.74) is 8.69. The van der Waals surface area contributed by atoms with Gasteiger partial charge in [0.25, 0.3) is 0 Å². The zero-order chi connectivity index (χ0) is 61.9. The first-order chi connectivity index (χ1) is 39.6. The Hall–Kier alpha value is -7.35. The number of aliphatic hydroxyl groups is 7. The van der Waals surface area contributed by atoms with Crippen molar-refractivity contribution in [3.8, 4) is 22.6 Å². The molecule has 84 heavy (non-hydrogen) atoms. The van der Waals surface area contributed by atoms with Crippen LogP contribution in [0.1, 0.15) is 88.5 Å². The van der Waals surface area contributed by atoms with Crippen LogP contribution in [-0.4, -0.2) is 203 Å². The van der Waals surface area contributed by atoms with E-state index in [1.54, 1.807) is 0 Å². The topological polar surface area (TPSA) is 455 Å². The number of nitrogens with one attached hydrogen (secondary N) is 5. The van der Waals surface area contributed by atoms with Gasteiger partial charge in [-0.3, -0.25) is 42.9 Å². The van der Waals surface area contributed by atoms with Crippen molar-refractivity contribution in [2.24, 2.45) is 11.7 Å². The molecule has 0 bridgehead atoms. The molecule has 8 amide bonds. The first-order valence-electron chi connectivity index (χ1n) is 27.4. The van der Waals surface area contributed by atoms with E-state index in [2.05, 4.69) is 49.8 Å². The zero-order valence-electron chi connectivity index (χ0n) is 46.3. The van der Waals surface area contributed by atoms with Crippen LogP contribution in [0.25, 0.3) is 11.1 Å². The van der Waals surface area contributed by atoms with Crippen LogP contribution in [0.15, 0.2) is 66.7 Å². The van der Waals surface area contributed by atoms with Gasteiger partial charge in [-0.05, 0) is 66.1 Å². The lowest BCUT2D eigenvalue weighted by Gasteiger charge is -2.34. The Morgan fingerprint density at radius 1 is 0.750 bits per heavy atom. The Kier molecular flexibility index (Phi) is 22.7. The molecule has 3 fully saturated rings. The minimum absolute atomic E-state index is 0.171. The fourth-order valence-electron chi connectivity index (χ4n) is 10.3. The average molecular weight is 1200 g/mol. The number of β-amino-alcohol motifs (C(OH)–C–C–N with tert-alkyl or cyclic N) is 1. The first kappa shape index (κ1) is 65.8. The van der Waals surface area contributed by atoms with Gasteiger partial charge < -0.3 is 87.2 Å². The number of phenolic OH excluding ortho intramolecular Hbond substituents is 1. The SMILES string of the molecule is CCCCCc1ccc(-c2ccc(CCC(=O)N[C@H]3C[C@H](O)CNC(=O)C4[C@@H](O)[C@@H](C)CN4C(=O)C([C@H](O)CC(N)=O)NC(=O)C([C@H](O)[C@@H](O)c4ccc(O)c(OS(=O)(=O)O)c4)NC(=O)C4C[C@@H](O)CN4C(=O)C([C@@H](C)O)NC3=O)cc2)cc1. The number of hydrogen-bond acceptors (Lipinski definition) is 19. The number of benzene rings is 3. The third-order valence-electron chi connectivity index (χ3n) is 14.9. The van der Waals surface area contributed by atoms with Crippen LogP contribution < -0.4 is 36.5 Å². The van der Waals surface area contributed by atoms with Gasteiger partial charge in [0.1, 0.15) is 48.5 Å². The quantitative estimate of drug-likeness (QED) is 0.0436. The molecule has 14 atom stereocenters. The largest absolute Gasteiger partial charge is 0.504 e. The summed E-state index contributed by atoms with van der Waals surface area (Å²) >= 11 is 0. The van der Waals surface area contributed by atoms with E-state index < -0.39 is 199 Å². The second-order valence-corrected chi connectivity index (χ2v) is 22.5. The minimum atomic E-state index is -5.33. The number of hydrogen-bond donors (Lipinski definition) is 15. The zero-order valence-corrected chi connectivity index (χ0v) is 47.1. The number of unbranched alkanes of at least 4 members (excludes halogenated alkanes) is 2. The van der Waals surface area contributed by atoms with E-state index >= 15 is 0 Å². The molecule has 0 aromatic heterocycles. The van der Waals surface area contributed by atoms with Gasteiger partial charge in [-0.2, -0.15) is 8.42 Å². The summed E-state index contributed by atoms with van der Waals surface area (Å²) in [5, 5.41) is 101. The first-order valence-corrected chi connectivity index (χ1v) is 28.8. The molecule has 6 rings (SSSR count). The molecule has 0 saturated carbocycles. The Morgan fingerprint density at radius 3 is 1.94 bits per heavy atom. The summed E-state index contributed by atoms with van der Waals surface area (Å²) in [6.45, 7) is 2.81. The predicted molar refractivity (Wildman–Crippen MR) is 294 cm³/mol. The summed E-state index contributed by atoms with van der Waals surface area (Å²) in [4.78, 5) is 114. The van der Waals surface area contributed by atoms with Crippen molar-refractivity contribution in [1.82, 2.24) is 36.4 Å². The number of fused-ring (bicyclic) bond motifs is 2. The van der Waals surface area contributed by atoms with E-state index in [-0.39, 0.29) is 12.8 Å². The molecule has 0 spiro atoms. The number of aryl methyl sites for hydroxylation is 2. The van der Waals surface area contributed by atoms with Crippen molar-refractivity contribution in [1.29, 1.82) is 0 Å². The third-order valence-corrected chi connectivity index (χ3v) is 15.3. The summed E-state index contributed by atoms with van der Waals surface area (Å²) in [7, 11) is -5.33. The van der Waals surface area contributed by atoms with Crippen LogP contribution in [0.3, 0.4) is 0 Å². The molecule has 3 saturated heterocycles. The van der Waals surface area contributed by atoms with Crippen molar-refractivity contribution in [2.75, 3.05) is 19.6 Å². The van der Waals surface area contributed by atoms with E-state index in [9.17, 15) is 92.2 Å². The van der Waals surface area contributed by atoms with Crippen LogP contribution in [-0.2, 0) is 61.6 Å². The van der Waals surface area contributed by atoms with Gasteiger partial charge in [-0.25, -0.2) is 0 Å². The number of rotatable bonds is 18. The number of phenols is 1. The molecule has 3 aliphatic heterocycles. The monoisotopic (exact) mass is 1200 g/mol. The number of amides is 8. The van der Waals surface area contributed by atoms with Crippen LogP contribution in [0.2, 0.25) is 0 Å². The van der Waals surface area contributed by atoms with Crippen LogP contribution in [0.5, 0.6) is 11.5 Å². The molecular weight excluding hydrogens is 1120 g/mol. The molecule has 16 N–H and O–H groups in total. The lowest BCUT2D eigenvalue weighted by Crippen LogP contribution is -2.64. The molecule has 0 aliphatic carbocycles. The number of carbonyl (C=O) groups is 8. The smallest absolute Gasteiger partial charge is 0.446 e. The third kappa shape index (κ3) is 17.2. The van der Waals surface area contributed by atoms with Crippen molar-refractivity contribution in [3.05, 3.63) is 83.4 Å². The lowest BCUT2D eigenvalue weighted by molar-refractivity contribution is -0.148. The highest BCUT2D eigenvalue weighted by Gasteiger charge is 2.50. The van der Waals surface area contributed by atoms with Gasteiger partial charge >= 0.3 is 10.4 Å². The van der Waals surface area contributed by atoms with E-state index in [4.69, 9.17) is 5.73 Å². The molecule has 3 aromatic rings. The Bertz CT molecular complexity index is 2970. The number of aliphatic hydroxyl groups excluding tert-OH is 7. The highest BCUT2D eigenvalue weighted by Crippen LogP contribution is 2.33. The van der Waals surface area contributed by atoms with Gasteiger partial charge in [-0.15, -0.1) is 0 Å². The fourth-order valence-corrected chi connectivity index (χ4v) is 10.7. The maximum atomic E-state index is 14.6. The number of aromatic hydroxyl groups is 1. The van der Waals surface area contributed by atoms with Crippen LogP contribution in [0.4, 0.5) is 0 Å². The van der Waals surface area contributed by atoms with E-state index in [1.807, 2.05) is 36.4 Å². The van der Waals surface area contributed by atoms with Crippen molar-refractivity contribution < 1.29 is 96.4 Å². The van der Waals surface area contributed by atoms with Gasteiger partial charge in [0.2, 0.25) is 47.3 Å². The Labute approximate surface area is 483 Å². The van der Waals surface area contributed by atoms with Gasteiger partial charge in [-0.1, -0.05) is 81.3 Å². The van der Waals surface area contributed by atoms with Crippen LogP contribution >= 0.6 is 0 Å². The molecule has 3 aromatic carbocycles. The summed E-state index contributed by atoms with van der Waals surface area (Å²) in [6.07, 6.45) is -12.1. The highest BCUT2D eigenvalue weighted by molar-refractivity contribution is 7.81. The lowest BCUT2D eigenvalue weighted by atomic mass is 9.96. The Balaban J connectivity index is 1.33. The standard InChI is InChI=1S/C55H74N8O20S/c1-4-5-6-7-29-8-13-31(14-9-29)32-15-10-30(11-16-32)12-19-42(70)58-36-21-34(65)24-57-53(77)46-47(71)27(2)25-63(46)55(79)44(39(68)23-41(56)69)60-52(76)45(49(73)48(72)33-17-18-38(67)40(20-33)83-84(80,81)82)61-51(75)37-22-35(66)26-62(37)54(78)43(28(3)64)59-50(36)74/h8-11,13-18,20,27-28,34-37,39,43-49,64-68,71-73H,4-7,12,19,21-26H2,1-3H3,(H2,56,69)(H,57,77)(H,58,70)(H,59,74)(H,60,76)(H,61,75)(H,80,81,82)/t27-,28+,34-,35+,36-,37?,39+,43?,44?,45?,46?,47-,48-,49-/m0/s1. The fraction of sp³-hybridized carbons (Fsp3) is 0.527. The average Bonchev–Trinajstić information content (AvgIpc) is 4.12. The molecule has 28 nitrogen and oxygen atoms in total. The van der Waals surface area contributed by atoms with E-state index in [1.165, 1.54) is 12.5 Å². The van der Waals surface area contributed by atoms with E-state index in [0.29, 0.717) is 11.0 Å². The van der Waals surface area contributed by atoms with Gasteiger partial charge in [0.15, 0.2) is 11.5 Å². The number of primary amides is 1. The minimum Gasteiger partial charge on any atom is -0.504 e. The summed E-state index contributed by atoms with van der Waals surface area (Å²) < 4.78 is 36.7. The highest BCUT2D eigenvalue weighted by atomic mass is 32.3. The molecule has 29 heteroatoms. The number of carbonyl (C=O) groups excluding carboxylic acids is 8. The second kappa shape index (κ2) is 29.0. The second-order valence-electron chi connectivity index (χ2n) is 21.5. The summed E-state index contributed by atoms with van der Waals surface area (Å²) in [6, 6.07) is 5.62. The van der Waals surface area contributed by atoms with E-state index in [0.717, 1.165) is 66.3 Å². The number of nitrogens with two attached hydrogens (primary N) is 1. The predicted octanol–water partition coefficient (Wildman–Crippen LogP) is -3.39. The molecule has 3 aliphatic rings. The van der Waals surface area contributed by atoms with Gasteiger partial charge in [0, 0.05) is 44.8 Å². The van der Waals surface area contributed by atoms with Crippen molar-refractivity contribution in [2.45, 2.75) is 158 Å². The Morgan fingerprint density at radius 2 is 1.35 bits per heavy atom. The molecule has 5 unspecified atom stereocenters. The summed E-state index contributed by atoms with van der Waals surface area (Å²) in [5.74, 6) is -12.7. The maximum Gasteiger partial charge on any atom is 0.446 e. The molecule has 460 valence electrons. The molecular formula is C55H74N8O20S. The van der Waals surface area contributed by atoms with Crippen molar-refractivity contribution in [3.63, 3.8) is 0 Å². The molecule has 3 heterocycles.